The highest BCUT2D eigenvalue weighted by molar-refractivity contribution is 5.85. The fourth-order valence-corrected chi connectivity index (χ4v) is 2.89. The highest BCUT2D eigenvalue weighted by atomic mass is 35.5. The smallest absolute Gasteiger partial charge is 0.237 e. The van der Waals surface area contributed by atoms with Crippen molar-refractivity contribution in [3.63, 3.8) is 0 Å². The van der Waals surface area contributed by atoms with Crippen molar-refractivity contribution in [1.29, 1.82) is 0 Å². The number of ether oxygens (including phenoxy) is 1. The van der Waals surface area contributed by atoms with Crippen molar-refractivity contribution in [2.75, 3.05) is 13.7 Å². The zero-order valence-electron chi connectivity index (χ0n) is 13.7. The molecule has 0 aromatic heterocycles. The Bertz CT molecular complexity index is 673. The first-order valence-corrected chi connectivity index (χ1v) is 7.97. The maximum Gasteiger partial charge on any atom is 0.237 e. The van der Waals surface area contributed by atoms with Crippen LogP contribution in [-0.4, -0.2) is 25.6 Å². The molecule has 0 saturated carbocycles. The molecule has 1 aliphatic heterocycles. The molecule has 2 aromatic carbocycles. The number of halogens is 1. The number of carbonyl (C=O) groups is 1. The number of nitrogens with one attached hydrogen (secondary N) is 2. The van der Waals surface area contributed by atoms with E-state index < -0.39 is 0 Å². The molecule has 0 fully saturated rings. The fraction of sp³-hybridized carbons (Fsp3) is 0.316. The van der Waals surface area contributed by atoms with E-state index in [-0.39, 0.29) is 24.4 Å². The van der Waals surface area contributed by atoms with Crippen molar-refractivity contribution in [2.45, 2.75) is 25.4 Å². The van der Waals surface area contributed by atoms with Gasteiger partial charge in [0.15, 0.2) is 0 Å². The average Bonchev–Trinajstić information content (AvgIpc) is 2.61. The molecule has 1 atom stereocenters. The summed E-state index contributed by atoms with van der Waals surface area (Å²) in [6.45, 7) is 1.40. The van der Waals surface area contributed by atoms with Crippen LogP contribution in [0.25, 0.3) is 0 Å². The van der Waals surface area contributed by atoms with E-state index in [0.29, 0.717) is 6.54 Å². The second-order valence-corrected chi connectivity index (χ2v) is 5.80. The molecule has 0 spiro atoms. The summed E-state index contributed by atoms with van der Waals surface area (Å²) in [5.74, 6) is 0.927. The van der Waals surface area contributed by atoms with Crippen LogP contribution in [0.3, 0.4) is 0 Å². The third kappa shape index (κ3) is 4.49. The van der Waals surface area contributed by atoms with Crippen LogP contribution in [0.15, 0.2) is 48.5 Å². The molecule has 0 saturated heterocycles. The topological polar surface area (TPSA) is 50.4 Å². The third-order valence-electron chi connectivity index (χ3n) is 4.27. The van der Waals surface area contributed by atoms with Crippen molar-refractivity contribution < 1.29 is 9.53 Å². The van der Waals surface area contributed by atoms with Gasteiger partial charge in [0.05, 0.1) is 13.2 Å². The second-order valence-electron chi connectivity index (χ2n) is 5.80. The first kappa shape index (κ1) is 18.3. The van der Waals surface area contributed by atoms with E-state index in [0.717, 1.165) is 25.1 Å². The predicted molar refractivity (Wildman–Crippen MR) is 97.7 cm³/mol. The Kier molecular flexibility index (Phi) is 6.64. The van der Waals surface area contributed by atoms with E-state index in [1.165, 1.54) is 16.7 Å². The number of methoxy groups -OCH3 is 1. The number of benzene rings is 2. The molecule has 5 heteroatoms. The van der Waals surface area contributed by atoms with Gasteiger partial charge in [-0.1, -0.05) is 36.4 Å². The van der Waals surface area contributed by atoms with E-state index in [4.69, 9.17) is 4.74 Å². The quantitative estimate of drug-likeness (QED) is 0.874. The van der Waals surface area contributed by atoms with Crippen molar-refractivity contribution in [1.82, 2.24) is 10.6 Å². The summed E-state index contributed by atoms with van der Waals surface area (Å²) in [6.07, 6.45) is 1.57. The van der Waals surface area contributed by atoms with Gasteiger partial charge in [-0.15, -0.1) is 12.4 Å². The van der Waals surface area contributed by atoms with Crippen LogP contribution in [0.1, 0.15) is 16.7 Å². The lowest BCUT2D eigenvalue weighted by molar-refractivity contribution is -0.123. The molecule has 24 heavy (non-hydrogen) atoms. The van der Waals surface area contributed by atoms with Crippen LogP contribution in [0.5, 0.6) is 5.75 Å². The van der Waals surface area contributed by atoms with Gasteiger partial charge in [-0.3, -0.25) is 4.79 Å². The van der Waals surface area contributed by atoms with Gasteiger partial charge >= 0.3 is 0 Å². The third-order valence-corrected chi connectivity index (χ3v) is 4.27. The molecule has 0 unspecified atom stereocenters. The molecule has 4 nitrogen and oxygen atoms in total. The highest BCUT2D eigenvalue weighted by Crippen LogP contribution is 2.16. The summed E-state index contributed by atoms with van der Waals surface area (Å²) in [7, 11) is 1.66. The van der Waals surface area contributed by atoms with E-state index in [2.05, 4.69) is 22.8 Å². The Labute approximate surface area is 149 Å². The minimum atomic E-state index is -0.138. The van der Waals surface area contributed by atoms with E-state index >= 15 is 0 Å². The lowest BCUT2D eigenvalue weighted by Gasteiger charge is -2.25. The van der Waals surface area contributed by atoms with Gasteiger partial charge in [0.25, 0.3) is 0 Å². The van der Waals surface area contributed by atoms with Gasteiger partial charge in [-0.2, -0.15) is 0 Å². The van der Waals surface area contributed by atoms with Crippen molar-refractivity contribution >= 4 is 18.3 Å². The van der Waals surface area contributed by atoms with Crippen LogP contribution in [0.4, 0.5) is 0 Å². The molecule has 128 valence electrons. The Morgan fingerprint density at radius 2 is 1.88 bits per heavy atom. The SMILES string of the molecule is COc1ccc(CCNC(=O)[C@@H]2Cc3ccccc3CN2)cc1.Cl. The summed E-state index contributed by atoms with van der Waals surface area (Å²) in [5, 5.41) is 6.34. The van der Waals surface area contributed by atoms with Gasteiger partial charge < -0.3 is 15.4 Å². The molecular formula is C19H23ClN2O2. The monoisotopic (exact) mass is 346 g/mol. The summed E-state index contributed by atoms with van der Waals surface area (Å²) in [6, 6.07) is 16.1. The van der Waals surface area contributed by atoms with Crippen LogP contribution in [0.2, 0.25) is 0 Å². The first-order chi connectivity index (χ1) is 11.3. The zero-order chi connectivity index (χ0) is 16.1. The molecule has 3 rings (SSSR count). The van der Waals surface area contributed by atoms with Crippen LogP contribution < -0.4 is 15.4 Å². The highest BCUT2D eigenvalue weighted by Gasteiger charge is 2.23. The van der Waals surface area contributed by atoms with Crippen molar-refractivity contribution in [2.24, 2.45) is 0 Å². The van der Waals surface area contributed by atoms with Gasteiger partial charge in [-0.25, -0.2) is 0 Å². The van der Waals surface area contributed by atoms with E-state index in [1.54, 1.807) is 7.11 Å². The number of carbonyl (C=O) groups excluding carboxylic acids is 1. The molecule has 1 aliphatic rings. The molecule has 2 N–H and O–H groups in total. The minimum absolute atomic E-state index is 0. The summed E-state index contributed by atoms with van der Waals surface area (Å²) in [4.78, 5) is 12.3. The molecule has 2 aromatic rings. The standard InChI is InChI=1S/C19H22N2O2.ClH/c1-23-17-8-6-14(7-9-17)10-11-20-19(22)18-12-15-4-2-3-5-16(15)13-21-18;/h2-9,18,21H,10-13H2,1H3,(H,20,22);1H/t18-;/m0./s1. The lowest BCUT2D eigenvalue weighted by atomic mass is 9.95. The van der Waals surface area contributed by atoms with Crippen LogP contribution in [0, 0.1) is 0 Å². The Morgan fingerprint density at radius 1 is 1.17 bits per heavy atom. The predicted octanol–water partition coefficient (Wildman–Crippen LogP) is 2.49. The number of hydrogen-bond acceptors (Lipinski definition) is 3. The van der Waals surface area contributed by atoms with E-state index in [9.17, 15) is 4.79 Å². The van der Waals surface area contributed by atoms with Crippen molar-refractivity contribution in [3.05, 3.63) is 65.2 Å². The molecular weight excluding hydrogens is 324 g/mol. The second kappa shape index (κ2) is 8.71. The lowest BCUT2D eigenvalue weighted by Crippen LogP contribution is -2.48. The average molecular weight is 347 g/mol. The largest absolute Gasteiger partial charge is 0.497 e. The van der Waals surface area contributed by atoms with Gasteiger partial charge in [0, 0.05) is 13.1 Å². The number of fused-ring (bicyclic) bond motifs is 1. The minimum Gasteiger partial charge on any atom is -0.497 e. The number of hydrogen-bond donors (Lipinski definition) is 2. The molecule has 0 aliphatic carbocycles. The maximum atomic E-state index is 12.3. The molecule has 1 amide bonds. The molecule has 0 radical (unpaired) electrons. The number of rotatable bonds is 5. The van der Waals surface area contributed by atoms with Crippen LogP contribution in [-0.2, 0) is 24.2 Å². The van der Waals surface area contributed by atoms with Crippen molar-refractivity contribution in [3.8, 4) is 5.75 Å². The number of amides is 1. The maximum absolute atomic E-state index is 12.3. The molecule has 0 bridgehead atoms. The first-order valence-electron chi connectivity index (χ1n) is 7.97. The van der Waals surface area contributed by atoms with Gasteiger partial charge in [0.2, 0.25) is 5.91 Å². The Balaban J connectivity index is 0.00000208. The van der Waals surface area contributed by atoms with Gasteiger partial charge in [0.1, 0.15) is 5.75 Å². The summed E-state index contributed by atoms with van der Waals surface area (Å²) in [5.41, 5.74) is 3.74. The van der Waals surface area contributed by atoms with Gasteiger partial charge in [-0.05, 0) is 41.7 Å². The van der Waals surface area contributed by atoms with Crippen LogP contribution >= 0.6 is 12.4 Å². The normalized spacial score (nSPS) is 15.8. The molecule has 1 heterocycles. The summed E-state index contributed by atoms with van der Waals surface area (Å²) >= 11 is 0. The Morgan fingerprint density at radius 3 is 2.58 bits per heavy atom. The van der Waals surface area contributed by atoms with E-state index in [1.807, 2.05) is 36.4 Å². The fourth-order valence-electron chi connectivity index (χ4n) is 2.89. The Hall–Kier alpha value is -2.04. The summed E-state index contributed by atoms with van der Waals surface area (Å²) < 4.78 is 5.14. The zero-order valence-corrected chi connectivity index (χ0v) is 14.6.